The second-order valence-corrected chi connectivity index (χ2v) is 7.72. The third kappa shape index (κ3) is 4.26. The van der Waals surface area contributed by atoms with Crippen LogP contribution in [-0.4, -0.2) is 65.6 Å². The summed E-state index contributed by atoms with van der Waals surface area (Å²) in [6.07, 6.45) is 1.93. The highest BCUT2D eigenvalue weighted by Gasteiger charge is 2.29. The number of amides is 1. The number of carbonyl (C=O) groups is 1. The smallest absolute Gasteiger partial charge is 0.273 e. The van der Waals surface area contributed by atoms with Gasteiger partial charge in [-0.3, -0.25) is 4.79 Å². The minimum Gasteiger partial charge on any atom is -0.396 e. The van der Waals surface area contributed by atoms with Gasteiger partial charge in [-0.05, 0) is 32.9 Å². The minimum absolute atomic E-state index is 0.0365. The Kier molecular flexibility index (Phi) is 5.83. The van der Waals surface area contributed by atoms with Crippen molar-refractivity contribution < 1.29 is 9.90 Å². The van der Waals surface area contributed by atoms with E-state index in [2.05, 4.69) is 9.88 Å². The van der Waals surface area contributed by atoms with Gasteiger partial charge in [0.15, 0.2) is 0 Å². The van der Waals surface area contributed by atoms with E-state index in [0.717, 1.165) is 23.4 Å². The van der Waals surface area contributed by atoms with Gasteiger partial charge in [-0.1, -0.05) is 30.3 Å². The number of carbonyl (C=O) groups excluding carboxylic acids is 1. The van der Waals surface area contributed by atoms with Crippen LogP contribution in [0.4, 0.5) is 0 Å². The van der Waals surface area contributed by atoms with Crippen molar-refractivity contribution in [3.8, 4) is 10.6 Å². The van der Waals surface area contributed by atoms with Crippen molar-refractivity contribution in [2.45, 2.75) is 18.9 Å². The van der Waals surface area contributed by atoms with Gasteiger partial charge in [0.25, 0.3) is 5.91 Å². The van der Waals surface area contributed by atoms with Crippen LogP contribution in [0.1, 0.15) is 23.3 Å². The van der Waals surface area contributed by atoms with Crippen LogP contribution in [0.5, 0.6) is 0 Å². The Labute approximate surface area is 152 Å². The molecule has 3 rings (SSSR count). The molecule has 1 aromatic heterocycles. The number of aliphatic hydroxyl groups is 1. The molecule has 0 radical (unpaired) electrons. The lowest BCUT2D eigenvalue weighted by atomic mass is 10.0. The van der Waals surface area contributed by atoms with Gasteiger partial charge in [0, 0.05) is 36.7 Å². The summed E-state index contributed by atoms with van der Waals surface area (Å²) in [5.74, 6) is 0.103. The third-order valence-electron chi connectivity index (χ3n) is 4.84. The van der Waals surface area contributed by atoms with Crippen molar-refractivity contribution in [3.05, 3.63) is 41.4 Å². The van der Waals surface area contributed by atoms with Crippen molar-refractivity contribution in [1.82, 2.24) is 14.8 Å². The van der Waals surface area contributed by atoms with Gasteiger partial charge in [-0.15, -0.1) is 11.3 Å². The highest BCUT2D eigenvalue weighted by molar-refractivity contribution is 7.13. The van der Waals surface area contributed by atoms with E-state index in [9.17, 15) is 9.90 Å². The fraction of sp³-hybridized carbons (Fsp3) is 0.474. The maximum Gasteiger partial charge on any atom is 0.273 e. The molecule has 1 N–H and O–H groups in total. The number of benzene rings is 1. The number of hydrogen-bond acceptors (Lipinski definition) is 5. The standard InChI is InChI=1S/C19H25N3O2S/c1-21(2)16-9-8-14(12-23)10-22(11-16)19(24)17-13-25-18(20-17)15-6-4-3-5-7-15/h3-7,13-14,16,23H,8-12H2,1-2H3/t14-,16+/m0/s1. The van der Waals surface area contributed by atoms with E-state index in [-0.39, 0.29) is 18.4 Å². The molecule has 1 saturated heterocycles. The highest BCUT2D eigenvalue weighted by Crippen LogP contribution is 2.25. The fourth-order valence-corrected chi connectivity index (χ4v) is 4.03. The number of aromatic nitrogens is 1. The zero-order valence-corrected chi connectivity index (χ0v) is 15.6. The van der Waals surface area contributed by atoms with Gasteiger partial charge < -0.3 is 14.9 Å². The first kappa shape index (κ1) is 18.0. The molecule has 0 spiro atoms. The molecule has 2 heterocycles. The monoisotopic (exact) mass is 359 g/mol. The summed E-state index contributed by atoms with van der Waals surface area (Å²) >= 11 is 1.50. The van der Waals surface area contributed by atoms with Crippen LogP contribution in [0.25, 0.3) is 10.6 Å². The Hall–Kier alpha value is -1.76. The zero-order chi connectivity index (χ0) is 17.8. The number of likely N-dealkylation sites (tertiary alicyclic amines) is 1. The number of nitrogens with zero attached hydrogens (tertiary/aromatic N) is 3. The average Bonchev–Trinajstić information content (AvgIpc) is 3.01. The molecule has 1 aliphatic rings. The topological polar surface area (TPSA) is 56.7 Å². The predicted octanol–water partition coefficient (Wildman–Crippen LogP) is 2.58. The van der Waals surface area contributed by atoms with E-state index in [4.69, 9.17) is 0 Å². The Morgan fingerprint density at radius 2 is 2.04 bits per heavy atom. The number of aliphatic hydroxyl groups excluding tert-OH is 1. The molecule has 2 atom stereocenters. The lowest BCUT2D eigenvalue weighted by Gasteiger charge is -2.28. The van der Waals surface area contributed by atoms with Crippen molar-refractivity contribution in [2.24, 2.45) is 5.92 Å². The van der Waals surface area contributed by atoms with Gasteiger partial charge in [0.1, 0.15) is 10.7 Å². The van der Waals surface area contributed by atoms with E-state index in [1.54, 1.807) is 0 Å². The van der Waals surface area contributed by atoms with E-state index >= 15 is 0 Å². The van der Waals surface area contributed by atoms with Crippen LogP contribution in [0.3, 0.4) is 0 Å². The van der Waals surface area contributed by atoms with E-state index in [1.165, 1.54) is 11.3 Å². The summed E-state index contributed by atoms with van der Waals surface area (Å²) in [5.41, 5.74) is 1.53. The first-order chi connectivity index (χ1) is 12.1. The number of likely N-dealkylation sites (N-methyl/N-ethyl adjacent to an activating group) is 1. The van der Waals surface area contributed by atoms with Crippen LogP contribution >= 0.6 is 11.3 Å². The molecule has 134 valence electrons. The molecule has 1 fully saturated rings. The quantitative estimate of drug-likeness (QED) is 0.912. The van der Waals surface area contributed by atoms with Crippen LogP contribution in [-0.2, 0) is 0 Å². The highest BCUT2D eigenvalue weighted by atomic mass is 32.1. The third-order valence-corrected chi connectivity index (χ3v) is 5.73. The van der Waals surface area contributed by atoms with Crippen molar-refractivity contribution in [2.75, 3.05) is 33.8 Å². The van der Waals surface area contributed by atoms with Crippen LogP contribution in [0, 0.1) is 5.92 Å². The Balaban J connectivity index is 1.79. The average molecular weight is 359 g/mol. The van der Waals surface area contributed by atoms with Gasteiger partial charge in [-0.25, -0.2) is 4.98 Å². The van der Waals surface area contributed by atoms with Gasteiger partial charge in [-0.2, -0.15) is 0 Å². The summed E-state index contributed by atoms with van der Waals surface area (Å²) in [6, 6.07) is 10.2. The van der Waals surface area contributed by atoms with Crippen molar-refractivity contribution >= 4 is 17.2 Å². The molecule has 25 heavy (non-hydrogen) atoms. The number of hydrogen-bond donors (Lipinski definition) is 1. The molecule has 5 nitrogen and oxygen atoms in total. The molecule has 0 bridgehead atoms. The van der Waals surface area contributed by atoms with E-state index in [1.807, 2.05) is 54.7 Å². The molecule has 1 aromatic carbocycles. The van der Waals surface area contributed by atoms with Crippen LogP contribution in [0.15, 0.2) is 35.7 Å². The predicted molar refractivity (Wildman–Crippen MR) is 101 cm³/mol. The molecule has 6 heteroatoms. The molecular weight excluding hydrogens is 334 g/mol. The molecule has 2 aromatic rings. The second kappa shape index (κ2) is 8.08. The molecule has 0 saturated carbocycles. The Bertz CT molecular complexity index is 702. The van der Waals surface area contributed by atoms with Crippen molar-refractivity contribution in [1.29, 1.82) is 0 Å². The van der Waals surface area contributed by atoms with Gasteiger partial charge >= 0.3 is 0 Å². The summed E-state index contributed by atoms with van der Waals surface area (Å²) < 4.78 is 0. The normalized spacial score (nSPS) is 21.4. The largest absolute Gasteiger partial charge is 0.396 e. The Morgan fingerprint density at radius 3 is 2.72 bits per heavy atom. The Morgan fingerprint density at radius 1 is 1.28 bits per heavy atom. The molecule has 0 unspecified atom stereocenters. The first-order valence-corrected chi connectivity index (χ1v) is 9.54. The summed E-state index contributed by atoms with van der Waals surface area (Å²) in [7, 11) is 4.09. The fourth-order valence-electron chi connectivity index (χ4n) is 3.23. The summed E-state index contributed by atoms with van der Waals surface area (Å²) in [5, 5.41) is 12.3. The van der Waals surface area contributed by atoms with Crippen LogP contribution < -0.4 is 0 Å². The minimum atomic E-state index is -0.0365. The number of rotatable bonds is 4. The van der Waals surface area contributed by atoms with Crippen LogP contribution in [0.2, 0.25) is 0 Å². The molecule has 0 aliphatic carbocycles. The second-order valence-electron chi connectivity index (χ2n) is 6.86. The van der Waals surface area contributed by atoms with Gasteiger partial charge in [0.2, 0.25) is 0 Å². The van der Waals surface area contributed by atoms with Crippen molar-refractivity contribution in [3.63, 3.8) is 0 Å². The maximum atomic E-state index is 13.0. The summed E-state index contributed by atoms with van der Waals surface area (Å²) in [4.78, 5) is 21.6. The number of thiazole rings is 1. The summed E-state index contributed by atoms with van der Waals surface area (Å²) in [6.45, 7) is 1.40. The molecular formula is C19H25N3O2S. The molecule has 1 amide bonds. The molecule has 1 aliphatic heterocycles. The van der Waals surface area contributed by atoms with E-state index in [0.29, 0.717) is 24.8 Å². The van der Waals surface area contributed by atoms with Gasteiger partial charge in [0.05, 0.1) is 0 Å². The lowest BCUT2D eigenvalue weighted by molar-refractivity contribution is 0.0684. The lowest BCUT2D eigenvalue weighted by Crippen LogP contribution is -2.42. The van der Waals surface area contributed by atoms with E-state index < -0.39 is 0 Å². The zero-order valence-electron chi connectivity index (χ0n) is 14.8. The first-order valence-electron chi connectivity index (χ1n) is 8.66. The maximum absolute atomic E-state index is 13.0. The SMILES string of the molecule is CN(C)[C@@H]1CC[C@H](CO)CN(C(=O)c2csc(-c3ccccc3)n2)C1.